The lowest BCUT2D eigenvalue weighted by Crippen LogP contribution is -2.12. The number of thiazole rings is 2. The molecule has 2 N–H and O–H groups in total. The molecule has 12 heteroatoms. The Morgan fingerprint density at radius 1 is 0.625 bits per heavy atom. The summed E-state index contributed by atoms with van der Waals surface area (Å²) >= 11 is 6.80. The Morgan fingerprint density at radius 3 is 1.36 bits per heavy atom. The van der Waals surface area contributed by atoms with Gasteiger partial charge < -0.3 is 10.2 Å². The first kappa shape index (κ1) is 40.6. The van der Waals surface area contributed by atoms with E-state index in [1.807, 2.05) is 13.8 Å². The Kier molecular flexibility index (Phi) is 12.7. The van der Waals surface area contributed by atoms with Crippen molar-refractivity contribution in [1.29, 1.82) is 0 Å². The maximum absolute atomic E-state index is 13.0. The van der Waals surface area contributed by atoms with E-state index in [4.69, 9.17) is 9.97 Å². The molecule has 0 radical (unpaired) electrons. The first-order valence-electron chi connectivity index (χ1n) is 20.0. The van der Waals surface area contributed by atoms with Gasteiger partial charge in [0.1, 0.15) is 10.0 Å². The predicted molar refractivity (Wildman–Crippen MR) is 226 cm³/mol. The number of aliphatic carboxylic acids is 2. The Morgan fingerprint density at radius 2 is 1.02 bits per heavy atom. The van der Waals surface area contributed by atoms with E-state index >= 15 is 0 Å². The van der Waals surface area contributed by atoms with Gasteiger partial charge in [0.25, 0.3) is 0 Å². The Balaban J connectivity index is 0.000000172. The van der Waals surface area contributed by atoms with Crippen LogP contribution in [0.2, 0.25) is 0 Å². The molecular weight excluding hydrogens is 781 g/mol. The van der Waals surface area contributed by atoms with Crippen molar-refractivity contribution in [1.82, 2.24) is 9.97 Å². The minimum atomic E-state index is -0.937. The molecule has 4 aromatic heterocycles. The second-order valence-corrected chi connectivity index (χ2v) is 19.8. The van der Waals surface area contributed by atoms with E-state index in [0.29, 0.717) is 60.8 Å². The van der Waals surface area contributed by atoms with Crippen LogP contribution in [0.5, 0.6) is 0 Å². The van der Waals surface area contributed by atoms with Crippen LogP contribution in [0.3, 0.4) is 0 Å². The number of carbonyl (C=O) groups excluding carboxylic acids is 2. The molecule has 0 unspecified atom stereocenters. The van der Waals surface area contributed by atoms with Crippen molar-refractivity contribution in [2.75, 3.05) is 0 Å². The average molecular weight is 831 g/mol. The number of allylic oxidation sites excluding steroid dienone is 2. The molecule has 4 aliphatic rings. The molecule has 4 aromatic rings. The number of fused-ring (bicyclic) bond motifs is 2. The quantitative estimate of drug-likeness (QED) is 0.144. The highest BCUT2D eigenvalue weighted by molar-refractivity contribution is 7.16. The molecule has 0 saturated heterocycles. The van der Waals surface area contributed by atoms with Gasteiger partial charge in [-0.2, -0.15) is 0 Å². The Bertz CT molecular complexity index is 2090. The number of Topliss-reactive ketones (excluding diaryl/α,β-unsaturated/α-hetero) is 2. The standard InChI is InChI=1S/2C22H25NO3S2/c2*1-3-13-7-8-16-18(9-13)28-19(20(16)21-23-12(2)11-27-21)10-17(24)14-5-4-6-15(14)22(25)26/h2*11,13H,3-10H2,1-2H3,(H,25,26)/t2*13-/m10/s1. The van der Waals surface area contributed by atoms with Crippen molar-refractivity contribution in [3.8, 4) is 21.1 Å². The maximum atomic E-state index is 13.0. The third kappa shape index (κ3) is 8.49. The minimum absolute atomic E-state index is 0.0185. The summed E-state index contributed by atoms with van der Waals surface area (Å²) in [5.41, 5.74) is 8.81. The van der Waals surface area contributed by atoms with Crippen LogP contribution in [0, 0.1) is 25.7 Å². The van der Waals surface area contributed by atoms with Crippen LogP contribution in [0.25, 0.3) is 21.1 Å². The van der Waals surface area contributed by atoms with Crippen LogP contribution in [0.4, 0.5) is 0 Å². The SMILES string of the molecule is CC[C@@H]1CCc2c(sc(CC(=O)C3=C(C(=O)O)CCC3)c2-c2nc(C)cs2)C1.CC[C@H]1CCc2c(sc(CC(=O)C3=C(C(=O)O)CCC3)c2-c2nc(C)cs2)C1. The van der Waals surface area contributed by atoms with Gasteiger partial charge in [-0.15, -0.1) is 45.3 Å². The monoisotopic (exact) mass is 830 g/mol. The number of carboxylic acids is 2. The van der Waals surface area contributed by atoms with Gasteiger partial charge in [-0.3, -0.25) is 9.59 Å². The number of hydrogen-bond acceptors (Lipinski definition) is 10. The van der Waals surface area contributed by atoms with Gasteiger partial charge in [-0.25, -0.2) is 19.6 Å². The molecule has 4 aliphatic carbocycles. The summed E-state index contributed by atoms with van der Waals surface area (Å²) in [5, 5.41) is 24.9. The highest BCUT2D eigenvalue weighted by atomic mass is 32.1. The molecule has 0 fully saturated rings. The molecule has 0 aromatic carbocycles. The molecule has 296 valence electrons. The summed E-state index contributed by atoms with van der Waals surface area (Å²) in [6.45, 7) is 8.50. The second-order valence-electron chi connectivity index (χ2n) is 15.7. The number of aryl methyl sites for hydroxylation is 2. The molecular formula is C44H50N2O6S4. The normalized spacial score (nSPS) is 19.1. The first-order valence-corrected chi connectivity index (χ1v) is 23.4. The smallest absolute Gasteiger partial charge is 0.331 e. The first-order chi connectivity index (χ1) is 26.9. The van der Waals surface area contributed by atoms with E-state index < -0.39 is 11.9 Å². The molecule has 8 nitrogen and oxygen atoms in total. The van der Waals surface area contributed by atoms with Crippen LogP contribution < -0.4 is 0 Å². The lowest BCUT2D eigenvalue weighted by molar-refractivity contribution is -0.133. The highest BCUT2D eigenvalue weighted by Crippen LogP contribution is 2.46. The number of aromatic nitrogens is 2. The van der Waals surface area contributed by atoms with E-state index in [9.17, 15) is 29.4 Å². The summed E-state index contributed by atoms with van der Waals surface area (Å²) in [5.74, 6) is -0.473. The topological polar surface area (TPSA) is 135 Å². The Hall–Kier alpha value is -3.58. The molecule has 8 rings (SSSR count). The third-order valence-corrected chi connectivity index (χ3v) is 16.4. The zero-order valence-corrected chi connectivity index (χ0v) is 35.9. The summed E-state index contributed by atoms with van der Waals surface area (Å²) < 4.78 is 0. The van der Waals surface area contributed by atoms with Crippen molar-refractivity contribution in [3.05, 3.63) is 75.1 Å². The average Bonchev–Trinajstić information content (AvgIpc) is 4.03. The number of carbonyl (C=O) groups is 4. The van der Waals surface area contributed by atoms with E-state index in [0.717, 1.165) is 92.6 Å². The van der Waals surface area contributed by atoms with Gasteiger partial charge in [0.05, 0.1) is 0 Å². The largest absolute Gasteiger partial charge is 0.478 e. The second kappa shape index (κ2) is 17.5. The fourth-order valence-electron chi connectivity index (χ4n) is 8.88. The van der Waals surface area contributed by atoms with Crippen molar-refractivity contribution >= 4 is 68.9 Å². The Labute approximate surface area is 344 Å². The van der Waals surface area contributed by atoms with Crippen LogP contribution >= 0.6 is 45.3 Å². The van der Waals surface area contributed by atoms with Crippen molar-refractivity contribution in [3.63, 3.8) is 0 Å². The molecule has 0 aliphatic heterocycles. The number of thiophene rings is 2. The van der Waals surface area contributed by atoms with E-state index in [-0.39, 0.29) is 11.6 Å². The van der Waals surface area contributed by atoms with Gasteiger partial charge in [-0.1, -0.05) is 26.7 Å². The summed E-state index contributed by atoms with van der Waals surface area (Å²) in [6.07, 6.45) is 13.4. The lowest BCUT2D eigenvalue weighted by Gasteiger charge is -2.21. The van der Waals surface area contributed by atoms with Crippen LogP contribution in [0.15, 0.2) is 33.1 Å². The van der Waals surface area contributed by atoms with Crippen molar-refractivity contribution in [2.24, 2.45) is 11.8 Å². The van der Waals surface area contributed by atoms with Crippen molar-refractivity contribution in [2.45, 2.75) is 130 Å². The van der Waals surface area contributed by atoms with E-state index in [1.165, 1.54) is 46.6 Å². The molecule has 0 saturated carbocycles. The summed E-state index contributed by atoms with van der Waals surface area (Å²) in [4.78, 5) is 63.4. The van der Waals surface area contributed by atoms with Gasteiger partial charge >= 0.3 is 11.9 Å². The predicted octanol–water partition coefficient (Wildman–Crippen LogP) is 10.7. The molecule has 0 bridgehead atoms. The summed E-state index contributed by atoms with van der Waals surface area (Å²) in [6, 6.07) is 0. The van der Waals surface area contributed by atoms with E-state index in [2.05, 4.69) is 24.6 Å². The van der Waals surface area contributed by atoms with Crippen LogP contribution in [0.1, 0.15) is 120 Å². The van der Waals surface area contributed by atoms with E-state index in [1.54, 1.807) is 45.3 Å². The fraction of sp³-hybridized carbons (Fsp3) is 0.500. The van der Waals surface area contributed by atoms with Crippen molar-refractivity contribution < 1.29 is 29.4 Å². The minimum Gasteiger partial charge on any atom is -0.478 e. The third-order valence-electron chi connectivity index (χ3n) is 12.0. The summed E-state index contributed by atoms with van der Waals surface area (Å²) in [7, 11) is 0. The molecule has 0 amide bonds. The number of rotatable bonds is 12. The highest BCUT2D eigenvalue weighted by Gasteiger charge is 2.32. The number of carboxylic acid groups (broad SMARTS) is 2. The van der Waals surface area contributed by atoms with Gasteiger partial charge in [-0.05, 0) is 114 Å². The molecule has 2 atom stereocenters. The van der Waals surface area contributed by atoms with Gasteiger partial charge in [0.15, 0.2) is 11.6 Å². The zero-order chi connectivity index (χ0) is 39.7. The lowest BCUT2D eigenvalue weighted by atomic mass is 9.85. The van der Waals surface area contributed by atoms with Crippen LogP contribution in [-0.2, 0) is 57.7 Å². The number of ketones is 2. The van der Waals surface area contributed by atoms with Crippen LogP contribution in [-0.4, -0.2) is 43.7 Å². The molecule has 56 heavy (non-hydrogen) atoms. The van der Waals surface area contributed by atoms with Gasteiger partial charge in [0.2, 0.25) is 0 Å². The van der Waals surface area contributed by atoms with Gasteiger partial charge in [0, 0.05) is 87.9 Å². The number of nitrogens with zero attached hydrogens (tertiary/aromatic N) is 2. The molecule has 4 heterocycles. The maximum Gasteiger partial charge on any atom is 0.331 e. The number of hydrogen-bond donors (Lipinski definition) is 2. The fourth-order valence-corrected chi connectivity index (χ4v) is 13.7. The molecule has 0 spiro atoms. The zero-order valence-electron chi connectivity index (χ0n) is 32.7.